The Morgan fingerprint density at radius 1 is 1.37 bits per heavy atom. The topological polar surface area (TPSA) is 64.3 Å². The summed E-state index contributed by atoms with van der Waals surface area (Å²) in [5, 5.41) is 2.81. The predicted molar refractivity (Wildman–Crippen MR) is 77.2 cm³/mol. The number of nitrogens with one attached hydrogen (secondary N) is 1. The molecule has 1 aromatic carbocycles. The summed E-state index contributed by atoms with van der Waals surface area (Å²) >= 11 is 0. The van der Waals surface area contributed by atoms with Crippen LogP contribution in [0.3, 0.4) is 0 Å². The molecule has 1 aromatic rings. The Balaban J connectivity index is 2.31. The number of ether oxygens (including phenoxy) is 1. The van der Waals surface area contributed by atoms with E-state index in [1.54, 1.807) is 0 Å². The molecule has 3 N–H and O–H groups in total. The van der Waals surface area contributed by atoms with E-state index in [4.69, 9.17) is 10.5 Å². The average molecular weight is 264 g/mol. The summed E-state index contributed by atoms with van der Waals surface area (Å²) in [6, 6.07) is 7.85. The van der Waals surface area contributed by atoms with Gasteiger partial charge in [-0.1, -0.05) is 25.5 Å². The molecule has 0 aromatic heterocycles. The third kappa shape index (κ3) is 6.82. The number of unbranched alkanes of at least 4 members (excludes halogenated alkanes) is 1. The summed E-state index contributed by atoms with van der Waals surface area (Å²) < 4.78 is 5.42. The molecule has 4 heteroatoms. The lowest BCUT2D eigenvalue weighted by atomic mass is 10.1. The Kier molecular flexibility index (Phi) is 6.97. The molecule has 0 aliphatic carbocycles. The standard InChI is InChI=1S/C15H24N2O2/c1-3-4-9-17-15(18)11-19-14-7-5-13(6-8-14)10-12(2)16/h5-8,12H,3-4,9-11,16H2,1-2H3,(H,17,18). The van der Waals surface area contributed by atoms with Crippen molar-refractivity contribution in [2.75, 3.05) is 13.2 Å². The van der Waals surface area contributed by atoms with E-state index < -0.39 is 0 Å². The van der Waals surface area contributed by atoms with Crippen LogP contribution in [0.25, 0.3) is 0 Å². The van der Waals surface area contributed by atoms with Crippen molar-refractivity contribution in [1.82, 2.24) is 5.32 Å². The van der Waals surface area contributed by atoms with E-state index in [9.17, 15) is 4.79 Å². The number of carbonyl (C=O) groups excluding carboxylic acids is 1. The van der Waals surface area contributed by atoms with E-state index in [1.807, 2.05) is 31.2 Å². The number of benzene rings is 1. The lowest BCUT2D eigenvalue weighted by Crippen LogP contribution is -2.29. The first-order valence-electron chi connectivity index (χ1n) is 6.85. The highest BCUT2D eigenvalue weighted by atomic mass is 16.5. The van der Waals surface area contributed by atoms with Crippen LogP contribution in [0.15, 0.2) is 24.3 Å². The Morgan fingerprint density at radius 3 is 2.63 bits per heavy atom. The van der Waals surface area contributed by atoms with Gasteiger partial charge in [0.05, 0.1) is 0 Å². The molecule has 0 aliphatic heterocycles. The number of carbonyl (C=O) groups is 1. The van der Waals surface area contributed by atoms with E-state index in [-0.39, 0.29) is 18.6 Å². The maximum Gasteiger partial charge on any atom is 0.257 e. The molecule has 1 unspecified atom stereocenters. The highest BCUT2D eigenvalue weighted by Gasteiger charge is 2.02. The van der Waals surface area contributed by atoms with E-state index in [1.165, 1.54) is 5.56 Å². The zero-order valence-corrected chi connectivity index (χ0v) is 11.8. The number of hydrogen-bond donors (Lipinski definition) is 2. The molecule has 0 bridgehead atoms. The van der Waals surface area contributed by atoms with Gasteiger partial charge in [0, 0.05) is 12.6 Å². The zero-order valence-electron chi connectivity index (χ0n) is 11.8. The quantitative estimate of drug-likeness (QED) is 0.705. The Morgan fingerprint density at radius 2 is 2.05 bits per heavy atom. The predicted octanol–water partition coefficient (Wildman–Crippen LogP) is 1.87. The van der Waals surface area contributed by atoms with Gasteiger partial charge in [0.15, 0.2) is 6.61 Å². The second-order valence-corrected chi connectivity index (χ2v) is 4.82. The summed E-state index contributed by atoms with van der Waals surface area (Å²) in [5.74, 6) is 0.632. The van der Waals surface area contributed by atoms with Gasteiger partial charge in [-0.25, -0.2) is 0 Å². The van der Waals surface area contributed by atoms with E-state index in [0.717, 1.165) is 19.3 Å². The van der Waals surface area contributed by atoms with E-state index in [0.29, 0.717) is 12.3 Å². The fourth-order valence-corrected chi connectivity index (χ4v) is 1.70. The highest BCUT2D eigenvalue weighted by molar-refractivity contribution is 5.77. The second kappa shape index (κ2) is 8.53. The molecule has 106 valence electrons. The van der Waals surface area contributed by atoms with Crippen molar-refractivity contribution in [2.24, 2.45) is 5.73 Å². The van der Waals surface area contributed by atoms with Crippen molar-refractivity contribution >= 4 is 5.91 Å². The fraction of sp³-hybridized carbons (Fsp3) is 0.533. The van der Waals surface area contributed by atoms with Gasteiger partial charge in [0.1, 0.15) is 5.75 Å². The minimum Gasteiger partial charge on any atom is -0.484 e. The molecule has 0 radical (unpaired) electrons. The molecule has 0 aliphatic rings. The SMILES string of the molecule is CCCCNC(=O)COc1ccc(CC(C)N)cc1. The van der Waals surface area contributed by atoms with Crippen LogP contribution in [0.4, 0.5) is 0 Å². The molecule has 19 heavy (non-hydrogen) atoms. The molecule has 0 heterocycles. The lowest BCUT2D eigenvalue weighted by molar-refractivity contribution is -0.123. The van der Waals surface area contributed by atoms with Crippen LogP contribution >= 0.6 is 0 Å². The number of hydrogen-bond acceptors (Lipinski definition) is 3. The maximum absolute atomic E-state index is 11.5. The van der Waals surface area contributed by atoms with Gasteiger partial charge in [-0.15, -0.1) is 0 Å². The van der Waals surface area contributed by atoms with Crippen molar-refractivity contribution in [3.05, 3.63) is 29.8 Å². The normalized spacial score (nSPS) is 11.9. The molecule has 0 saturated carbocycles. The minimum absolute atomic E-state index is 0.0658. The van der Waals surface area contributed by atoms with Crippen molar-refractivity contribution in [1.29, 1.82) is 0 Å². The number of nitrogens with two attached hydrogens (primary N) is 1. The fourth-order valence-electron chi connectivity index (χ4n) is 1.70. The third-order valence-electron chi connectivity index (χ3n) is 2.70. The summed E-state index contributed by atoms with van der Waals surface area (Å²) in [5.41, 5.74) is 6.91. The van der Waals surface area contributed by atoms with Crippen molar-refractivity contribution in [2.45, 2.75) is 39.2 Å². The van der Waals surface area contributed by atoms with Crippen LogP contribution in [-0.4, -0.2) is 25.1 Å². The van der Waals surface area contributed by atoms with Crippen molar-refractivity contribution in [3.63, 3.8) is 0 Å². The number of rotatable bonds is 8. The zero-order chi connectivity index (χ0) is 14.1. The van der Waals surface area contributed by atoms with Crippen LogP contribution in [0.2, 0.25) is 0 Å². The van der Waals surface area contributed by atoms with Crippen LogP contribution < -0.4 is 15.8 Å². The van der Waals surface area contributed by atoms with Gasteiger partial charge >= 0.3 is 0 Å². The van der Waals surface area contributed by atoms with Gasteiger partial charge in [-0.3, -0.25) is 4.79 Å². The molecule has 4 nitrogen and oxygen atoms in total. The molecule has 1 rings (SSSR count). The van der Waals surface area contributed by atoms with Gasteiger partial charge < -0.3 is 15.8 Å². The van der Waals surface area contributed by atoms with Gasteiger partial charge in [-0.2, -0.15) is 0 Å². The van der Waals surface area contributed by atoms with E-state index in [2.05, 4.69) is 12.2 Å². The first-order chi connectivity index (χ1) is 9.11. The van der Waals surface area contributed by atoms with Crippen LogP contribution in [0.1, 0.15) is 32.3 Å². The molecule has 1 atom stereocenters. The first kappa shape index (κ1) is 15.5. The molecular weight excluding hydrogens is 240 g/mol. The lowest BCUT2D eigenvalue weighted by Gasteiger charge is -2.09. The minimum atomic E-state index is -0.0758. The second-order valence-electron chi connectivity index (χ2n) is 4.82. The summed E-state index contributed by atoms with van der Waals surface area (Å²) in [7, 11) is 0. The highest BCUT2D eigenvalue weighted by Crippen LogP contribution is 2.13. The molecular formula is C15H24N2O2. The molecule has 1 amide bonds. The van der Waals surface area contributed by atoms with Gasteiger partial charge in [-0.05, 0) is 37.5 Å². The van der Waals surface area contributed by atoms with Gasteiger partial charge in [0.2, 0.25) is 0 Å². The van der Waals surface area contributed by atoms with Crippen LogP contribution in [0.5, 0.6) is 5.75 Å². The third-order valence-corrected chi connectivity index (χ3v) is 2.70. The van der Waals surface area contributed by atoms with Gasteiger partial charge in [0.25, 0.3) is 5.91 Å². The van der Waals surface area contributed by atoms with E-state index >= 15 is 0 Å². The Hall–Kier alpha value is -1.55. The monoisotopic (exact) mass is 264 g/mol. The molecule has 0 spiro atoms. The summed E-state index contributed by atoms with van der Waals surface area (Å²) in [4.78, 5) is 11.5. The summed E-state index contributed by atoms with van der Waals surface area (Å²) in [6.07, 6.45) is 2.91. The molecule has 0 fully saturated rings. The first-order valence-corrected chi connectivity index (χ1v) is 6.85. The van der Waals surface area contributed by atoms with Crippen molar-refractivity contribution in [3.8, 4) is 5.75 Å². The summed E-state index contributed by atoms with van der Waals surface area (Å²) in [6.45, 7) is 4.85. The smallest absolute Gasteiger partial charge is 0.257 e. The maximum atomic E-state index is 11.5. The average Bonchev–Trinajstić information content (AvgIpc) is 2.37. The Labute approximate surface area is 115 Å². The number of amides is 1. The van der Waals surface area contributed by atoms with Crippen LogP contribution in [0, 0.1) is 0 Å². The molecule has 0 saturated heterocycles. The van der Waals surface area contributed by atoms with Crippen molar-refractivity contribution < 1.29 is 9.53 Å². The van der Waals surface area contributed by atoms with Crippen LogP contribution in [-0.2, 0) is 11.2 Å². The largest absolute Gasteiger partial charge is 0.484 e. The Bertz CT molecular complexity index is 374.